The predicted octanol–water partition coefficient (Wildman–Crippen LogP) is 0.112. The second kappa shape index (κ2) is 7.86. The van der Waals surface area contributed by atoms with E-state index in [4.69, 9.17) is 9.84 Å². The molecule has 1 atom stereocenters. The summed E-state index contributed by atoms with van der Waals surface area (Å²) < 4.78 is 5.12. The molecule has 1 aliphatic rings. The largest absolute Gasteiger partial charge is 0.481 e. The van der Waals surface area contributed by atoms with Crippen molar-refractivity contribution in [2.75, 3.05) is 6.61 Å². The van der Waals surface area contributed by atoms with Crippen LogP contribution in [0.15, 0.2) is 34.5 Å². The lowest BCUT2D eigenvalue weighted by Gasteiger charge is -2.07. The molecule has 2 amide bonds. The number of hydrazone groups is 2. The van der Waals surface area contributed by atoms with E-state index < -0.39 is 24.4 Å². The molecule has 0 aliphatic carbocycles. The number of carboxylic acids is 1. The Bertz CT molecular complexity index is 714. The zero-order valence-electron chi connectivity index (χ0n) is 12.9. The van der Waals surface area contributed by atoms with Gasteiger partial charge in [-0.15, -0.1) is 0 Å². The second-order valence-electron chi connectivity index (χ2n) is 5.00. The number of benzene rings is 1. The summed E-state index contributed by atoms with van der Waals surface area (Å²) in [4.78, 5) is 33.8. The van der Waals surface area contributed by atoms with Crippen LogP contribution in [0.2, 0.25) is 0 Å². The summed E-state index contributed by atoms with van der Waals surface area (Å²) in [5.41, 5.74) is 5.68. The van der Waals surface area contributed by atoms with E-state index in [9.17, 15) is 14.4 Å². The van der Waals surface area contributed by atoms with Crippen LogP contribution in [-0.2, 0) is 14.4 Å². The van der Waals surface area contributed by atoms with Crippen molar-refractivity contribution in [3.8, 4) is 5.75 Å². The average molecular weight is 332 g/mol. The number of ether oxygens (including phenoxy) is 1. The highest BCUT2D eigenvalue weighted by molar-refractivity contribution is 6.09. The molecule has 1 aromatic rings. The standard InChI is InChI=1S/C15H16N4O5/c1-9-11(15(23)19-17-9)6-13(20)18-16-7-10-4-2-3-5-12(10)24-8-14(21)22/h2-5,7,11H,6,8H2,1H3,(H,18,20)(H,19,23)(H,21,22)/b16-7-/t11-/m1/s1. The molecular weight excluding hydrogens is 316 g/mol. The molecule has 0 spiro atoms. The Morgan fingerprint density at radius 2 is 2.21 bits per heavy atom. The molecule has 9 heteroatoms. The molecule has 1 aromatic carbocycles. The van der Waals surface area contributed by atoms with Crippen LogP contribution in [0.1, 0.15) is 18.9 Å². The Morgan fingerprint density at radius 3 is 2.88 bits per heavy atom. The molecule has 0 unspecified atom stereocenters. The second-order valence-corrected chi connectivity index (χ2v) is 5.00. The van der Waals surface area contributed by atoms with E-state index in [1.54, 1.807) is 31.2 Å². The van der Waals surface area contributed by atoms with Gasteiger partial charge in [0.25, 0.3) is 0 Å². The number of rotatable bonds is 7. The quantitative estimate of drug-likeness (QED) is 0.482. The van der Waals surface area contributed by atoms with Crippen LogP contribution in [0, 0.1) is 5.92 Å². The van der Waals surface area contributed by atoms with Gasteiger partial charge >= 0.3 is 5.97 Å². The number of nitrogens with zero attached hydrogens (tertiary/aromatic N) is 2. The molecular formula is C15H16N4O5. The van der Waals surface area contributed by atoms with E-state index >= 15 is 0 Å². The van der Waals surface area contributed by atoms with E-state index in [1.807, 2.05) is 0 Å². The fourth-order valence-corrected chi connectivity index (χ4v) is 1.99. The first-order chi connectivity index (χ1) is 11.5. The van der Waals surface area contributed by atoms with Gasteiger partial charge in [0.1, 0.15) is 5.75 Å². The van der Waals surface area contributed by atoms with Gasteiger partial charge in [0.2, 0.25) is 11.8 Å². The lowest BCUT2D eigenvalue weighted by molar-refractivity contribution is -0.139. The third kappa shape index (κ3) is 4.63. The van der Waals surface area contributed by atoms with E-state index in [2.05, 4.69) is 21.1 Å². The van der Waals surface area contributed by atoms with E-state index in [-0.39, 0.29) is 12.3 Å². The van der Waals surface area contributed by atoms with Crippen molar-refractivity contribution >= 4 is 29.7 Å². The Hall–Kier alpha value is -3.23. The Kier molecular flexibility index (Phi) is 5.61. The number of carboxylic acid groups (broad SMARTS) is 1. The molecule has 0 aromatic heterocycles. The van der Waals surface area contributed by atoms with E-state index in [1.165, 1.54) is 6.21 Å². The number of carbonyl (C=O) groups excluding carboxylic acids is 2. The van der Waals surface area contributed by atoms with Crippen LogP contribution in [0.3, 0.4) is 0 Å². The normalized spacial score (nSPS) is 16.6. The predicted molar refractivity (Wildman–Crippen MR) is 84.7 cm³/mol. The summed E-state index contributed by atoms with van der Waals surface area (Å²) >= 11 is 0. The fourth-order valence-electron chi connectivity index (χ4n) is 1.99. The summed E-state index contributed by atoms with van der Waals surface area (Å²) in [5.74, 6) is -2.12. The van der Waals surface area contributed by atoms with Crippen LogP contribution < -0.4 is 15.6 Å². The number of aliphatic carboxylic acids is 1. The Morgan fingerprint density at radius 1 is 1.46 bits per heavy atom. The first-order valence-corrected chi connectivity index (χ1v) is 7.07. The molecule has 0 saturated carbocycles. The minimum Gasteiger partial charge on any atom is -0.481 e. The number of nitrogens with one attached hydrogen (secondary N) is 2. The van der Waals surface area contributed by atoms with E-state index in [0.29, 0.717) is 17.0 Å². The number of amides is 2. The Balaban J connectivity index is 1.92. The van der Waals surface area contributed by atoms with Gasteiger partial charge in [0.15, 0.2) is 6.61 Å². The van der Waals surface area contributed by atoms with Gasteiger partial charge in [-0.2, -0.15) is 10.2 Å². The van der Waals surface area contributed by atoms with Gasteiger partial charge < -0.3 is 9.84 Å². The number of hydrogen-bond acceptors (Lipinski definition) is 6. The van der Waals surface area contributed by atoms with Crippen molar-refractivity contribution in [3.05, 3.63) is 29.8 Å². The van der Waals surface area contributed by atoms with Gasteiger partial charge in [-0.3, -0.25) is 9.59 Å². The molecule has 2 rings (SSSR count). The maximum atomic E-state index is 11.8. The minimum absolute atomic E-state index is 0.0599. The third-order valence-corrected chi connectivity index (χ3v) is 3.22. The maximum absolute atomic E-state index is 11.8. The molecule has 9 nitrogen and oxygen atoms in total. The van der Waals surface area contributed by atoms with Gasteiger partial charge in [0.05, 0.1) is 12.1 Å². The molecule has 0 saturated heterocycles. The van der Waals surface area contributed by atoms with Crippen molar-refractivity contribution in [1.82, 2.24) is 10.9 Å². The monoisotopic (exact) mass is 332 g/mol. The molecule has 0 bridgehead atoms. The first-order valence-electron chi connectivity index (χ1n) is 7.07. The van der Waals surface area contributed by atoms with Crippen molar-refractivity contribution < 1.29 is 24.2 Å². The molecule has 3 N–H and O–H groups in total. The number of hydrogen-bond donors (Lipinski definition) is 3. The summed E-state index contributed by atoms with van der Waals surface area (Å²) in [6, 6.07) is 6.66. The molecule has 0 fully saturated rings. The summed E-state index contributed by atoms with van der Waals surface area (Å²) in [6.45, 7) is 1.18. The van der Waals surface area contributed by atoms with Crippen LogP contribution in [0.4, 0.5) is 0 Å². The summed E-state index contributed by atoms with van der Waals surface area (Å²) in [7, 11) is 0. The Labute approximate surface area is 137 Å². The number of para-hydroxylation sites is 1. The zero-order valence-corrected chi connectivity index (χ0v) is 12.9. The smallest absolute Gasteiger partial charge is 0.341 e. The van der Waals surface area contributed by atoms with Gasteiger partial charge in [0, 0.05) is 17.7 Å². The van der Waals surface area contributed by atoms with E-state index in [0.717, 1.165) is 0 Å². The summed E-state index contributed by atoms with van der Waals surface area (Å²) in [6.07, 6.45) is 1.28. The van der Waals surface area contributed by atoms with Crippen molar-refractivity contribution in [2.45, 2.75) is 13.3 Å². The third-order valence-electron chi connectivity index (χ3n) is 3.22. The fraction of sp³-hybridized carbons (Fsp3) is 0.267. The molecule has 1 aliphatic heterocycles. The highest BCUT2D eigenvalue weighted by Crippen LogP contribution is 2.15. The number of carbonyl (C=O) groups is 3. The molecule has 126 valence electrons. The SMILES string of the molecule is CC1=NNC(=O)[C@@H]1CC(=O)N/N=C\c1ccccc1OCC(=O)O. The van der Waals surface area contributed by atoms with Crippen LogP contribution in [0.25, 0.3) is 0 Å². The lowest BCUT2D eigenvalue weighted by Crippen LogP contribution is -2.29. The van der Waals surface area contributed by atoms with Gasteiger partial charge in [-0.25, -0.2) is 15.6 Å². The topological polar surface area (TPSA) is 129 Å². The lowest BCUT2D eigenvalue weighted by atomic mass is 10.0. The van der Waals surface area contributed by atoms with Crippen molar-refractivity contribution in [3.63, 3.8) is 0 Å². The van der Waals surface area contributed by atoms with Crippen LogP contribution in [-0.4, -0.2) is 41.4 Å². The van der Waals surface area contributed by atoms with Crippen molar-refractivity contribution in [2.24, 2.45) is 16.1 Å². The average Bonchev–Trinajstić information content (AvgIpc) is 2.86. The van der Waals surface area contributed by atoms with Crippen LogP contribution >= 0.6 is 0 Å². The molecule has 0 radical (unpaired) electrons. The first kappa shape index (κ1) is 17.1. The van der Waals surface area contributed by atoms with Gasteiger partial charge in [-0.05, 0) is 19.1 Å². The minimum atomic E-state index is -1.10. The van der Waals surface area contributed by atoms with Crippen molar-refractivity contribution in [1.29, 1.82) is 0 Å². The highest BCUT2D eigenvalue weighted by atomic mass is 16.5. The zero-order chi connectivity index (χ0) is 17.5. The molecule has 24 heavy (non-hydrogen) atoms. The highest BCUT2D eigenvalue weighted by Gasteiger charge is 2.28. The van der Waals surface area contributed by atoms with Crippen LogP contribution in [0.5, 0.6) is 5.75 Å². The summed E-state index contributed by atoms with van der Waals surface area (Å²) in [5, 5.41) is 16.2. The maximum Gasteiger partial charge on any atom is 0.341 e. The van der Waals surface area contributed by atoms with Gasteiger partial charge in [-0.1, -0.05) is 12.1 Å². The molecule has 1 heterocycles.